The van der Waals surface area contributed by atoms with Gasteiger partial charge in [-0.05, 0) is 49.2 Å². The number of nitrogens with one attached hydrogen (secondary N) is 2. The molecular weight excluding hydrogens is 319 g/mol. The Morgan fingerprint density at radius 1 is 1.09 bits per heavy atom. The lowest BCUT2D eigenvalue weighted by molar-refractivity contribution is -0.123. The largest absolute Gasteiger partial charge is 0.326 e. The molecule has 2 N–H and O–H groups in total. The molecule has 0 radical (unpaired) electrons. The van der Waals surface area contributed by atoms with Gasteiger partial charge in [-0.15, -0.1) is 0 Å². The van der Waals surface area contributed by atoms with Crippen LogP contribution in [-0.4, -0.2) is 11.8 Å². The SMILES string of the molecule is Cc1cccc(NC(=O)CC(=O)Nc2ccc(F)c(Cl)c2)c1C. The number of amides is 2. The molecule has 0 aliphatic carbocycles. The van der Waals surface area contributed by atoms with Gasteiger partial charge in [-0.2, -0.15) is 0 Å². The zero-order valence-corrected chi connectivity index (χ0v) is 13.5. The van der Waals surface area contributed by atoms with Crippen LogP contribution in [0.2, 0.25) is 5.02 Å². The molecule has 120 valence electrons. The molecule has 23 heavy (non-hydrogen) atoms. The van der Waals surface area contributed by atoms with Crippen LogP contribution >= 0.6 is 11.6 Å². The van der Waals surface area contributed by atoms with E-state index in [0.717, 1.165) is 17.2 Å². The molecule has 0 atom stereocenters. The monoisotopic (exact) mass is 334 g/mol. The molecule has 0 fully saturated rings. The highest BCUT2D eigenvalue weighted by molar-refractivity contribution is 6.31. The van der Waals surface area contributed by atoms with Crippen molar-refractivity contribution in [1.29, 1.82) is 0 Å². The van der Waals surface area contributed by atoms with Gasteiger partial charge < -0.3 is 10.6 Å². The van der Waals surface area contributed by atoms with Crippen LogP contribution in [0.3, 0.4) is 0 Å². The molecule has 0 aromatic heterocycles. The third-order valence-electron chi connectivity index (χ3n) is 3.40. The Balaban J connectivity index is 1.95. The number of aryl methyl sites for hydroxylation is 1. The maximum atomic E-state index is 13.1. The third-order valence-corrected chi connectivity index (χ3v) is 3.69. The Hall–Kier alpha value is -2.40. The fraction of sp³-hybridized carbons (Fsp3) is 0.176. The normalized spacial score (nSPS) is 10.3. The lowest BCUT2D eigenvalue weighted by Crippen LogP contribution is -2.21. The Labute approximate surface area is 138 Å². The van der Waals surface area contributed by atoms with Crippen molar-refractivity contribution in [3.05, 3.63) is 58.4 Å². The van der Waals surface area contributed by atoms with Crippen molar-refractivity contribution in [2.24, 2.45) is 0 Å². The van der Waals surface area contributed by atoms with E-state index in [0.29, 0.717) is 11.4 Å². The van der Waals surface area contributed by atoms with E-state index in [1.807, 2.05) is 26.0 Å². The molecule has 0 bridgehead atoms. The van der Waals surface area contributed by atoms with E-state index < -0.39 is 17.6 Å². The number of carbonyl (C=O) groups is 2. The van der Waals surface area contributed by atoms with Gasteiger partial charge in [-0.25, -0.2) is 4.39 Å². The molecule has 0 saturated carbocycles. The molecule has 0 aliphatic rings. The third kappa shape index (κ3) is 4.53. The van der Waals surface area contributed by atoms with Gasteiger partial charge in [0.25, 0.3) is 0 Å². The first-order valence-corrected chi connectivity index (χ1v) is 7.35. The highest BCUT2D eigenvalue weighted by Crippen LogP contribution is 2.20. The van der Waals surface area contributed by atoms with E-state index in [1.165, 1.54) is 12.1 Å². The van der Waals surface area contributed by atoms with E-state index >= 15 is 0 Å². The summed E-state index contributed by atoms with van der Waals surface area (Å²) >= 11 is 5.64. The summed E-state index contributed by atoms with van der Waals surface area (Å²) in [7, 11) is 0. The van der Waals surface area contributed by atoms with E-state index in [-0.39, 0.29) is 11.4 Å². The lowest BCUT2D eigenvalue weighted by atomic mass is 10.1. The van der Waals surface area contributed by atoms with Crippen molar-refractivity contribution in [1.82, 2.24) is 0 Å². The van der Waals surface area contributed by atoms with E-state index in [4.69, 9.17) is 11.6 Å². The van der Waals surface area contributed by atoms with Crippen molar-refractivity contribution in [3.63, 3.8) is 0 Å². The zero-order chi connectivity index (χ0) is 17.0. The van der Waals surface area contributed by atoms with Crippen molar-refractivity contribution in [3.8, 4) is 0 Å². The average molecular weight is 335 g/mol. The van der Waals surface area contributed by atoms with E-state index in [1.54, 1.807) is 6.07 Å². The predicted molar refractivity (Wildman–Crippen MR) is 89.2 cm³/mol. The maximum absolute atomic E-state index is 13.1. The van der Waals surface area contributed by atoms with Gasteiger partial charge in [0.05, 0.1) is 5.02 Å². The Kier molecular flexibility index (Phi) is 5.34. The minimum Gasteiger partial charge on any atom is -0.326 e. The fourth-order valence-electron chi connectivity index (χ4n) is 2.01. The summed E-state index contributed by atoms with van der Waals surface area (Å²) < 4.78 is 13.1. The van der Waals surface area contributed by atoms with Crippen LogP contribution in [0.25, 0.3) is 0 Å². The molecule has 0 aliphatic heterocycles. The van der Waals surface area contributed by atoms with Crippen LogP contribution in [0.5, 0.6) is 0 Å². The maximum Gasteiger partial charge on any atom is 0.233 e. The van der Waals surface area contributed by atoms with Crippen molar-refractivity contribution in [2.45, 2.75) is 20.3 Å². The minimum atomic E-state index is -0.572. The second-order valence-corrected chi connectivity index (χ2v) is 5.56. The van der Waals surface area contributed by atoms with Gasteiger partial charge in [-0.3, -0.25) is 9.59 Å². The summed E-state index contributed by atoms with van der Waals surface area (Å²) in [5.74, 6) is -1.50. The highest BCUT2D eigenvalue weighted by Gasteiger charge is 2.12. The first-order chi connectivity index (χ1) is 10.9. The Morgan fingerprint density at radius 3 is 2.48 bits per heavy atom. The molecule has 2 amide bonds. The van der Waals surface area contributed by atoms with Crippen LogP contribution in [0, 0.1) is 19.7 Å². The van der Waals surface area contributed by atoms with Gasteiger partial charge in [-0.1, -0.05) is 23.7 Å². The van der Waals surface area contributed by atoms with Gasteiger partial charge in [0.1, 0.15) is 12.2 Å². The number of hydrogen-bond donors (Lipinski definition) is 2. The summed E-state index contributed by atoms with van der Waals surface area (Å²) in [5.41, 5.74) is 3.01. The predicted octanol–water partition coefficient (Wildman–Crippen LogP) is 4.06. The topological polar surface area (TPSA) is 58.2 Å². The fourth-order valence-corrected chi connectivity index (χ4v) is 2.19. The quantitative estimate of drug-likeness (QED) is 0.828. The molecular formula is C17H16ClFN2O2. The van der Waals surface area contributed by atoms with Gasteiger partial charge in [0.2, 0.25) is 11.8 Å². The summed E-state index contributed by atoms with van der Waals surface area (Å²) in [6, 6.07) is 9.36. The second kappa shape index (κ2) is 7.24. The summed E-state index contributed by atoms with van der Waals surface area (Å²) in [4.78, 5) is 23.8. The van der Waals surface area contributed by atoms with Crippen LogP contribution < -0.4 is 10.6 Å². The van der Waals surface area contributed by atoms with Gasteiger partial charge in [0.15, 0.2) is 0 Å². The number of rotatable bonds is 4. The molecule has 0 saturated heterocycles. The Morgan fingerprint density at radius 2 is 1.78 bits per heavy atom. The first kappa shape index (κ1) is 17.0. The Bertz CT molecular complexity index is 762. The van der Waals surface area contributed by atoms with Crippen molar-refractivity contribution < 1.29 is 14.0 Å². The molecule has 2 aromatic rings. The summed E-state index contributed by atoms with van der Waals surface area (Å²) in [6.45, 7) is 3.83. The molecule has 4 nitrogen and oxygen atoms in total. The van der Waals surface area contributed by atoms with E-state index in [9.17, 15) is 14.0 Å². The minimum absolute atomic E-state index is 0.0948. The number of anilines is 2. The second-order valence-electron chi connectivity index (χ2n) is 5.15. The van der Waals surface area contributed by atoms with Gasteiger partial charge >= 0.3 is 0 Å². The van der Waals surface area contributed by atoms with Crippen LogP contribution in [0.15, 0.2) is 36.4 Å². The zero-order valence-electron chi connectivity index (χ0n) is 12.7. The molecule has 0 spiro atoms. The van der Waals surface area contributed by atoms with Gasteiger partial charge in [0, 0.05) is 11.4 Å². The molecule has 2 aromatic carbocycles. The molecule has 0 heterocycles. The van der Waals surface area contributed by atoms with Crippen LogP contribution in [-0.2, 0) is 9.59 Å². The average Bonchev–Trinajstić information content (AvgIpc) is 2.47. The highest BCUT2D eigenvalue weighted by atomic mass is 35.5. The van der Waals surface area contributed by atoms with Crippen molar-refractivity contribution in [2.75, 3.05) is 10.6 Å². The van der Waals surface area contributed by atoms with Crippen LogP contribution in [0.1, 0.15) is 17.5 Å². The van der Waals surface area contributed by atoms with E-state index in [2.05, 4.69) is 10.6 Å². The van der Waals surface area contributed by atoms with Crippen LogP contribution in [0.4, 0.5) is 15.8 Å². The number of carbonyl (C=O) groups excluding carboxylic acids is 2. The number of hydrogen-bond acceptors (Lipinski definition) is 2. The summed E-state index contributed by atoms with van der Waals surface area (Å²) in [5, 5.41) is 5.11. The lowest BCUT2D eigenvalue weighted by Gasteiger charge is -2.10. The first-order valence-electron chi connectivity index (χ1n) is 6.98. The number of halogens is 2. The summed E-state index contributed by atoms with van der Waals surface area (Å²) in [6.07, 6.45) is -0.345. The van der Waals surface area contributed by atoms with Crippen molar-refractivity contribution >= 4 is 34.8 Å². The standard InChI is InChI=1S/C17H16ClFN2O2/c1-10-4-3-5-15(11(10)2)21-17(23)9-16(22)20-12-6-7-14(19)13(18)8-12/h3-8H,9H2,1-2H3,(H,20,22)(H,21,23). The molecule has 6 heteroatoms. The molecule has 2 rings (SSSR count). The molecule has 0 unspecified atom stereocenters. The number of benzene rings is 2. The smallest absolute Gasteiger partial charge is 0.233 e.